The third-order valence-corrected chi connectivity index (χ3v) is 5.58. The molecule has 1 N–H and O–H groups in total. The number of hydrogen-bond acceptors (Lipinski definition) is 6. The van der Waals surface area contributed by atoms with Crippen LogP contribution in [0.4, 0.5) is 10.3 Å². The third kappa shape index (κ3) is 4.07. The molecule has 8 nitrogen and oxygen atoms in total. The lowest BCUT2D eigenvalue weighted by molar-refractivity contribution is 0.0197. The van der Waals surface area contributed by atoms with Gasteiger partial charge in [-0.15, -0.1) is 0 Å². The summed E-state index contributed by atoms with van der Waals surface area (Å²) in [6.45, 7) is 1.89. The van der Waals surface area contributed by atoms with Crippen molar-refractivity contribution < 1.29 is 13.9 Å². The zero-order valence-electron chi connectivity index (χ0n) is 16.2. The van der Waals surface area contributed by atoms with E-state index in [9.17, 15) is 9.18 Å². The molecular formula is C20H23FN6O2. The molecule has 0 spiro atoms. The predicted molar refractivity (Wildman–Crippen MR) is 103 cm³/mol. The molecule has 4 heterocycles. The summed E-state index contributed by atoms with van der Waals surface area (Å²) in [7, 11) is 1.64. The Morgan fingerprint density at radius 3 is 2.97 bits per heavy atom. The second-order valence-corrected chi connectivity index (χ2v) is 7.53. The minimum absolute atomic E-state index is 0.0162. The number of nitrogens with zero attached hydrogens (tertiary/aromatic N) is 5. The van der Waals surface area contributed by atoms with Crippen LogP contribution in [-0.2, 0) is 4.74 Å². The number of aromatic amines is 1. The van der Waals surface area contributed by atoms with Crippen LogP contribution in [0.3, 0.4) is 0 Å². The number of likely N-dealkylation sites (tertiary alicyclic amines) is 1. The van der Waals surface area contributed by atoms with Gasteiger partial charge >= 0.3 is 0 Å². The van der Waals surface area contributed by atoms with Gasteiger partial charge in [0, 0.05) is 45.1 Å². The summed E-state index contributed by atoms with van der Waals surface area (Å²) in [4.78, 5) is 28.3. The summed E-state index contributed by atoms with van der Waals surface area (Å²) in [5, 5.41) is 8.98. The predicted octanol–water partition coefficient (Wildman–Crippen LogP) is 1.87. The topological polar surface area (TPSA) is 98.1 Å². The summed E-state index contributed by atoms with van der Waals surface area (Å²) in [5.41, 5.74) is 1.62. The molecule has 29 heavy (non-hydrogen) atoms. The molecule has 0 unspecified atom stereocenters. The lowest BCUT2D eigenvalue weighted by Crippen LogP contribution is -2.46. The van der Waals surface area contributed by atoms with E-state index in [0.717, 1.165) is 12.1 Å². The number of halogens is 1. The Hall–Kier alpha value is -2.99. The van der Waals surface area contributed by atoms with Crippen molar-refractivity contribution in [1.29, 1.82) is 5.26 Å². The quantitative estimate of drug-likeness (QED) is 0.844. The number of rotatable bonds is 4. The molecule has 0 radical (unpaired) electrons. The van der Waals surface area contributed by atoms with Crippen LogP contribution in [0, 0.1) is 11.3 Å². The monoisotopic (exact) mass is 398 g/mol. The Bertz CT molecular complexity index is 926. The fourth-order valence-corrected chi connectivity index (χ4v) is 4.01. The van der Waals surface area contributed by atoms with Crippen molar-refractivity contribution in [2.75, 3.05) is 38.2 Å². The zero-order chi connectivity index (χ0) is 20.4. The van der Waals surface area contributed by atoms with Crippen molar-refractivity contribution in [3.05, 3.63) is 41.5 Å². The molecule has 3 atom stereocenters. The third-order valence-electron chi connectivity index (χ3n) is 5.58. The molecule has 152 valence electrons. The summed E-state index contributed by atoms with van der Waals surface area (Å²) >= 11 is 0. The van der Waals surface area contributed by atoms with Crippen molar-refractivity contribution in [2.45, 2.75) is 31.0 Å². The molecule has 4 rings (SSSR count). The summed E-state index contributed by atoms with van der Waals surface area (Å²) in [5.74, 6) is 0.366. The van der Waals surface area contributed by atoms with Crippen LogP contribution in [0.5, 0.6) is 0 Å². The summed E-state index contributed by atoms with van der Waals surface area (Å²) in [6, 6.07) is 5.40. The fourth-order valence-electron chi connectivity index (χ4n) is 4.01. The Labute approximate surface area is 168 Å². The van der Waals surface area contributed by atoms with Gasteiger partial charge in [-0.25, -0.2) is 14.4 Å². The van der Waals surface area contributed by atoms with Gasteiger partial charge in [0.2, 0.25) is 5.95 Å². The number of amides is 1. The first kappa shape index (κ1) is 19.3. The first-order valence-electron chi connectivity index (χ1n) is 9.70. The Balaban J connectivity index is 1.54. The number of carbonyl (C=O) groups excluding carboxylic acids is 1. The number of carbonyl (C=O) groups is 1. The highest BCUT2D eigenvalue weighted by Gasteiger charge is 2.33. The first-order chi connectivity index (χ1) is 14.1. The molecule has 1 amide bonds. The maximum absolute atomic E-state index is 13.6. The van der Waals surface area contributed by atoms with Crippen molar-refractivity contribution in [2.24, 2.45) is 0 Å². The molecule has 0 aliphatic carbocycles. The molecule has 0 bridgehead atoms. The second-order valence-electron chi connectivity index (χ2n) is 7.53. The van der Waals surface area contributed by atoms with E-state index in [0.29, 0.717) is 49.8 Å². The molecule has 2 fully saturated rings. The van der Waals surface area contributed by atoms with Crippen LogP contribution >= 0.6 is 0 Å². The highest BCUT2D eigenvalue weighted by atomic mass is 19.1. The molecule has 2 aromatic rings. The van der Waals surface area contributed by atoms with Crippen LogP contribution in [0.2, 0.25) is 0 Å². The average Bonchev–Trinajstić information content (AvgIpc) is 3.42. The molecule has 2 aliphatic rings. The van der Waals surface area contributed by atoms with Crippen molar-refractivity contribution in [3.8, 4) is 6.07 Å². The summed E-state index contributed by atoms with van der Waals surface area (Å²) < 4.78 is 19.1. The molecule has 0 saturated carbocycles. The Morgan fingerprint density at radius 1 is 1.41 bits per heavy atom. The van der Waals surface area contributed by atoms with E-state index in [1.165, 1.54) is 0 Å². The second kappa shape index (κ2) is 8.17. The number of aromatic nitrogens is 3. The van der Waals surface area contributed by atoms with Gasteiger partial charge in [-0.05, 0) is 25.0 Å². The minimum atomic E-state index is -0.845. The highest BCUT2D eigenvalue weighted by molar-refractivity contribution is 5.94. The van der Waals surface area contributed by atoms with E-state index >= 15 is 0 Å². The maximum atomic E-state index is 13.6. The number of H-pyrrole nitrogens is 1. The van der Waals surface area contributed by atoms with Crippen LogP contribution in [0.15, 0.2) is 24.5 Å². The number of hydrogen-bond donors (Lipinski definition) is 1. The number of nitriles is 1. The smallest absolute Gasteiger partial charge is 0.255 e. The van der Waals surface area contributed by atoms with Crippen molar-refractivity contribution in [3.63, 3.8) is 0 Å². The van der Waals surface area contributed by atoms with Gasteiger partial charge in [-0.2, -0.15) is 5.26 Å². The molecule has 2 aliphatic heterocycles. The van der Waals surface area contributed by atoms with E-state index in [-0.39, 0.29) is 17.9 Å². The standard InChI is InChI=1S/C20H23FN6O2/c1-29-17-7-14(10-27(12-17)19(28)13-6-16(8-22)24-9-13)18-2-4-23-20(25-18)26-5-3-15(21)11-26/h2,4,6,9,14-15,17,24H,3,5,7,10-12H2,1H3/t14-,15+,17+/m0/s1. The van der Waals surface area contributed by atoms with E-state index in [2.05, 4.69) is 15.0 Å². The first-order valence-corrected chi connectivity index (χ1v) is 9.70. The van der Waals surface area contributed by atoms with Gasteiger partial charge in [-0.3, -0.25) is 4.79 Å². The number of methoxy groups -OCH3 is 1. The van der Waals surface area contributed by atoms with Gasteiger partial charge in [-0.1, -0.05) is 0 Å². The number of ether oxygens (including phenoxy) is 1. The van der Waals surface area contributed by atoms with Crippen LogP contribution in [-0.4, -0.2) is 71.3 Å². The van der Waals surface area contributed by atoms with E-state index in [1.54, 1.807) is 30.5 Å². The Morgan fingerprint density at radius 2 is 2.28 bits per heavy atom. The molecule has 2 saturated heterocycles. The number of anilines is 1. The van der Waals surface area contributed by atoms with E-state index in [1.807, 2.05) is 17.0 Å². The molecule has 0 aromatic carbocycles. The van der Waals surface area contributed by atoms with Crippen LogP contribution in [0.25, 0.3) is 0 Å². The zero-order valence-corrected chi connectivity index (χ0v) is 16.2. The van der Waals surface area contributed by atoms with Crippen LogP contribution in [0.1, 0.15) is 40.5 Å². The molecular weight excluding hydrogens is 375 g/mol. The van der Waals surface area contributed by atoms with Gasteiger partial charge in [0.15, 0.2) is 0 Å². The van der Waals surface area contributed by atoms with Crippen LogP contribution < -0.4 is 4.90 Å². The van der Waals surface area contributed by atoms with Gasteiger partial charge in [0.25, 0.3) is 5.91 Å². The number of alkyl halides is 1. The number of nitrogens with one attached hydrogen (secondary N) is 1. The maximum Gasteiger partial charge on any atom is 0.255 e. The number of piperidine rings is 1. The average molecular weight is 398 g/mol. The lowest BCUT2D eigenvalue weighted by atomic mass is 9.92. The largest absolute Gasteiger partial charge is 0.380 e. The minimum Gasteiger partial charge on any atom is -0.380 e. The highest BCUT2D eigenvalue weighted by Crippen LogP contribution is 2.29. The molecule has 2 aromatic heterocycles. The van der Waals surface area contributed by atoms with Gasteiger partial charge < -0.3 is 19.5 Å². The molecule has 9 heteroatoms. The van der Waals surface area contributed by atoms with Crippen molar-refractivity contribution >= 4 is 11.9 Å². The lowest BCUT2D eigenvalue weighted by Gasteiger charge is -2.37. The Kier molecular flexibility index (Phi) is 5.45. The SMILES string of the molecule is CO[C@@H]1C[C@H](c2ccnc(N3CC[C@@H](F)C3)n2)CN(C(=O)c2c[nH]c(C#N)c2)C1. The van der Waals surface area contributed by atoms with E-state index in [4.69, 9.17) is 10.00 Å². The van der Waals surface area contributed by atoms with Gasteiger partial charge in [0.1, 0.15) is 17.9 Å². The summed E-state index contributed by atoms with van der Waals surface area (Å²) in [6.07, 6.45) is 3.51. The van der Waals surface area contributed by atoms with Gasteiger partial charge in [0.05, 0.1) is 23.9 Å². The van der Waals surface area contributed by atoms with E-state index < -0.39 is 6.17 Å². The van der Waals surface area contributed by atoms with Crippen molar-refractivity contribution in [1.82, 2.24) is 19.9 Å². The fraction of sp³-hybridized carbons (Fsp3) is 0.500. The normalized spacial score (nSPS) is 24.5.